The molecule has 0 radical (unpaired) electrons. The van der Waals surface area contributed by atoms with Crippen molar-refractivity contribution in [1.82, 2.24) is 40.4 Å². The van der Waals surface area contributed by atoms with Crippen LogP contribution in [0.3, 0.4) is 0 Å². The number of H-pyrrole nitrogens is 2. The smallest absolute Gasteiger partial charge is 0.407 e. The third kappa shape index (κ3) is 8.58. The van der Waals surface area contributed by atoms with Crippen molar-refractivity contribution in [3.8, 4) is 23.1 Å². The van der Waals surface area contributed by atoms with E-state index in [4.69, 9.17) is 9.47 Å². The molecular formula is C38H50N8O6. The van der Waals surface area contributed by atoms with Crippen molar-refractivity contribution < 1.29 is 28.7 Å². The van der Waals surface area contributed by atoms with Crippen LogP contribution in [-0.2, 0) is 19.1 Å². The van der Waals surface area contributed by atoms with E-state index in [1.54, 1.807) is 22.2 Å². The zero-order valence-electron chi connectivity index (χ0n) is 31.1. The van der Waals surface area contributed by atoms with Gasteiger partial charge in [0.2, 0.25) is 11.8 Å². The highest BCUT2D eigenvalue weighted by atomic mass is 16.5. The summed E-state index contributed by atoms with van der Waals surface area (Å²) < 4.78 is 9.50. The number of hydrogen-bond donors (Lipinski definition) is 4. The number of nitrogens with one attached hydrogen (secondary N) is 4. The average Bonchev–Trinajstić information content (AvgIpc) is 3.94. The fourth-order valence-corrected chi connectivity index (χ4v) is 6.95. The van der Waals surface area contributed by atoms with E-state index in [0.717, 1.165) is 29.7 Å². The summed E-state index contributed by atoms with van der Waals surface area (Å²) in [5, 5.41) is 5.38. The summed E-state index contributed by atoms with van der Waals surface area (Å²) in [4.78, 5) is 70.6. The molecule has 5 rings (SSSR count). The van der Waals surface area contributed by atoms with Gasteiger partial charge in [0.1, 0.15) is 29.4 Å². The number of nitrogens with zero attached hydrogens (tertiary/aromatic N) is 4. The molecule has 4 amide bonds. The maximum atomic E-state index is 13.6. The average molecular weight is 715 g/mol. The molecule has 4 heterocycles. The van der Waals surface area contributed by atoms with Gasteiger partial charge in [-0.2, -0.15) is 0 Å². The van der Waals surface area contributed by atoms with Crippen LogP contribution in [0, 0.1) is 35.5 Å². The van der Waals surface area contributed by atoms with Crippen LogP contribution < -0.4 is 10.6 Å². The van der Waals surface area contributed by atoms with Crippen molar-refractivity contribution in [1.29, 1.82) is 0 Å². The second kappa shape index (κ2) is 16.4. The van der Waals surface area contributed by atoms with Crippen LogP contribution in [0.2, 0.25) is 0 Å². The molecule has 2 saturated heterocycles. The molecule has 2 fully saturated rings. The minimum atomic E-state index is -0.713. The van der Waals surface area contributed by atoms with Gasteiger partial charge < -0.3 is 39.9 Å². The van der Waals surface area contributed by atoms with E-state index in [0.29, 0.717) is 30.4 Å². The summed E-state index contributed by atoms with van der Waals surface area (Å²) in [7, 11) is 2.56. The van der Waals surface area contributed by atoms with Crippen molar-refractivity contribution in [2.24, 2.45) is 23.7 Å². The Labute approximate surface area is 304 Å². The maximum absolute atomic E-state index is 13.6. The van der Waals surface area contributed by atoms with E-state index in [9.17, 15) is 19.2 Å². The summed E-state index contributed by atoms with van der Waals surface area (Å²) in [6.07, 6.45) is 3.67. The van der Waals surface area contributed by atoms with Crippen LogP contribution in [0.25, 0.3) is 11.3 Å². The van der Waals surface area contributed by atoms with Crippen molar-refractivity contribution in [3.63, 3.8) is 0 Å². The number of methoxy groups -OCH3 is 2. The fraction of sp³-hybridized carbons (Fsp3) is 0.526. The van der Waals surface area contributed by atoms with E-state index in [1.165, 1.54) is 14.2 Å². The van der Waals surface area contributed by atoms with Gasteiger partial charge in [-0.3, -0.25) is 9.59 Å². The zero-order valence-corrected chi connectivity index (χ0v) is 31.1. The van der Waals surface area contributed by atoms with Gasteiger partial charge in [0, 0.05) is 18.7 Å². The maximum Gasteiger partial charge on any atom is 0.407 e. The molecule has 0 unspecified atom stereocenters. The molecule has 0 aliphatic carbocycles. The third-order valence-corrected chi connectivity index (χ3v) is 9.73. The van der Waals surface area contributed by atoms with Crippen LogP contribution >= 0.6 is 0 Å². The highest BCUT2D eigenvalue weighted by Gasteiger charge is 2.41. The molecule has 14 nitrogen and oxygen atoms in total. The number of aromatic amines is 2. The summed E-state index contributed by atoms with van der Waals surface area (Å²) >= 11 is 0. The standard InChI is InChI=1S/C38H50N8O6/c1-21(2)31(43-37(49)51-7)35(47)45-19-23(5)15-29(45)33-39-17-27(41-33)14-11-25-9-12-26(13-10-25)28-18-40-34(42-28)30-16-24(6)20-46(30)36(48)32(22(3)4)44-38(50)52-8/h9-10,12-13,17-18,21-24,29-32H,15-16,19-20H2,1-8H3,(H,39,41)(H,40,42)(H,43,49)(H,44,50)/t23-,24-,29-,30-,31+,32+/m0/s1. The Bertz CT molecular complexity index is 1800. The molecule has 6 atom stereocenters. The Hall–Kier alpha value is -5.32. The molecule has 278 valence electrons. The van der Waals surface area contributed by atoms with Gasteiger partial charge in [-0.05, 0) is 60.1 Å². The molecule has 1 aromatic carbocycles. The number of rotatable bonds is 9. The predicted molar refractivity (Wildman–Crippen MR) is 193 cm³/mol. The topological polar surface area (TPSA) is 175 Å². The van der Waals surface area contributed by atoms with Gasteiger partial charge in [0.25, 0.3) is 0 Å². The Kier molecular flexibility index (Phi) is 11.9. The van der Waals surface area contributed by atoms with Crippen molar-refractivity contribution >= 4 is 24.0 Å². The largest absolute Gasteiger partial charge is 0.453 e. The minimum absolute atomic E-state index is 0.120. The van der Waals surface area contributed by atoms with E-state index < -0.39 is 24.3 Å². The summed E-state index contributed by atoms with van der Waals surface area (Å²) in [5.41, 5.74) is 3.17. The number of likely N-dealkylation sites (tertiary alicyclic amines) is 2. The van der Waals surface area contributed by atoms with Gasteiger partial charge in [-0.1, -0.05) is 59.6 Å². The second-order valence-electron chi connectivity index (χ2n) is 14.6. The monoisotopic (exact) mass is 714 g/mol. The lowest BCUT2D eigenvalue weighted by atomic mass is 10.0. The number of carbonyl (C=O) groups excluding carboxylic acids is 4. The van der Waals surface area contributed by atoms with Crippen molar-refractivity contribution in [2.45, 2.75) is 78.6 Å². The minimum Gasteiger partial charge on any atom is -0.453 e. The fourth-order valence-electron chi connectivity index (χ4n) is 6.95. The lowest BCUT2D eigenvalue weighted by Gasteiger charge is -2.30. The van der Waals surface area contributed by atoms with E-state index >= 15 is 0 Å². The van der Waals surface area contributed by atoms with Gasteiger partial charge >= 0.3 is 12.2 Å². The Morgan fingerprint density at radius 1 is 0.750 bits per heavy atom. The molecule has 4 N–H and O–H groups in total. The van der Waals surface area contributed by atoms with Crippen LogP contribution in [0.15, 0.2) is 36.7 Å². The normalized spacial score (nSPS) is 21.0. The lowest BCUT2D eigenvalue weighted by Crippen LogP contribution is -2.51. The SMILES string of the molecule is COC(=O)N[C@@H](C(=O)N1C[C@@H](C)C[C@H]1c1ncc(C#Cc2ccc(-c3cnc([C@@H]4C[C@H](C)CN4C(=O)[C@H](NC(=O)OC)C(C)C)[nH]3)cc2)[nH]1)C(C)C. The second-order valence-corrected chi connectivity index (χ2v) is 14.6. The molecule has 52 heavy (non-hydrogen) atoms. The van der Waals surface area contributed by atoms with Crippen LogP contribution in [0.5, 0.6) is 0 Å². The molecule has 2 aromatic heterocycles. The predicted octanol–water partition coefficient (Wildman–Crippen LogP) is 4.78. The van der Waals surface area contributed by atoms with Crippen LogP contribution in [-0.4, -0.2) is 93.1 Å². The zero-order chi connectivity index (χ0) is 37.7. The van der Waals surface area contributed by atoms with Crippen LogP contribution in [0.4, 0.5) is 9.59 Å². The highest BCUT2D eigenvalue weighted by molar-refractivity contribution is 5.87. The number of imidazole rings is 2. The number of alkyl carbamates (subject to hydrolysis) is 2. The van der Waals surface area contributed by atoms with Gasteiger partial charge in [-0.15, -0.1) is 0 Å². The van der Waals surface area contributed by atoms with Gasteiger partial charge in [0.15, 0.2) is 0 Å². The molecule has 2 aliphatic rings. The lowest BCUT2D eigenvalue weighted by molar-refractivity contribution is -0.136. The van der Waals surface area contributed by atoms with Crippen molar-refractivity contribution in [3.05, 3.63) is 59.6 Å². The van der Waals surface area contributed by atoms with E-state index in [2.05, 4.69) is 56.3 Å². The summed E-state index contributed by atoms with van der Waals surface area (Å²) in [6.45, 7) is 12.9. The van der Waals surface area contributed by atoms with Gasteiger partial charge in [0.05, 0.1) is 44.4 Å². The number of hydrogen-bond acceptors (Lipinski definition) is 8. The van der Waals surface area contributed by atoms with Crippen molar-refractivity contribution in [2.75, 3.05) is 27.3 Å². The number of carbonyl (C=O) groups is 4. The number of aromatic nitrogens is 4. The number of ether oxygens (including phenoxy) is 2. The Balaban J connectivity index is 1.26. The highest BCUT2D eigenvalue weighted by Crippen LogP contribution is 2.36. The first kappa shape index (κ1) is 37.9. The first-order valence-corrected chi connectivity index (χ1v) is 17.8. The van der Waals surface area contributed by atoms with Crippen LogP contribution in [0.1, 0.15) is 89.4 Å². The Morgan fingerprint density at radius 3 is 1.71 bits per heavy atom. The molecule has 2 aliphatic heterocycles. The summed E-state index contributed by atoms with van der Waals surface area (Å²) in [5.74, 6) is 7.66. The molecule has 3 aromatic rings. The Morgan fingerprint density at radius 2 is 1.23 bits per heavy atom. The quantitative estimate of drug-likeness (QED) is 0.229. The molecule has 14 heteroatoms. The number of benzene rings is 1. The molecule has 0 spiro atoms. The van der Waals surface area contributed by atoms with Gasteiger partial charge in [-0.25, -0.2) is 19.6 Å². The molecule has 0 bridgehead atoms. The first-order chi connectivity index (χ1) is 24.8. The van der Waals surface area contributed by atoms with E-state index in [1.807, 2.05) is 52.0 Å². The third-order valence-electron chi connectivity index (χ3n) is 9.73. The molecular weight excluding hydrogens is 664 g/mol. The first-order valence-electron chi connectivity index (χ1n) is 17.8. The molecule has 0 saturated carbocycles. The summed E-state index contributed by atoms with van der Waals surface area (Å²) in [6, 6.07) is 5.86. The number of amides is 4. The van der Waals surface area contributed by atoms with E-state index in [-0.39, 0.29) is 47.6 Å².